The van der Waals surface area contributed by atoms with Crippen molar-refractivity contribution < 1.29 is 0 Å². The van der Waals surface area contributed by atoms with E-state index in [4.69, 9.17) is 0 Å². The van der Waals surface area contributed by atoms with E-state index in [-0.39, 0.29) is 0 Å². The van der Waals surface area contributed by atoms with Crippen molar-refractivity contribution in [2.45, 2.75) is 13.8 Å². The number of aryl methyl sites for hydroxylation is 2. The lowest BCUT2D eigenvalue weighted by Crippen LogP contribution is -2.11. The van der Waals surface area contributed by atoms with E-state index >= 15 is 0 Å². The van der Waals surface area contributed by atoms with E-state index in [2.05, 4.69) is 218 Å². The van der Waals surface area contributed by atoms with Gasteiger partial charge in [-0.05, 0) is 108 Å². The predicted molar refractivity (Wildman–Crippen MR) is 216 cm³/mol. The van der Waals surface area contributed by atoms with E-state index in [0.29, 0.717) is 0 Å². The summed E-state index contributed by atoms with van der Waals surface area (Å²) >= 11 is 0. The van der Waals surface area contributed by atoms with E-state index in [9.17, 15) is 0 Å². The zero-order chi connectivity index (χ0) is 33.9. The molecule has 8 aromatic carbocycles. The Morgan fingerprint density at radius 2 is 0.760 bits per heavy atom. The molecular formula is C48H38N2. The molecule has 0 aromatic heterocycles. The third-order valence-corrected chi connectivity index (χ3v) is 9.26. The molecule has 0 fully saturated rings. The Bertz CT molecular complexity index is 2330. The van der Waals surface area contributed by atoms with Crippen molar-refractivity contribution >= 4 is 67.8 Å². The summed E-state index contributed by atoms with van der Waals surface area (Å²) in [6.07, 6.45) is 4.38. The smallest absolute Gasteiger partial charge is 0.0540 e. The molecule has 0 atom stereocenters. The molecule has 0 saturated heterocycles. The van der Waals surface area contributed by atoms with Gasteiger partial charge in [0.05, 0.1) is 11.4 Å². The van der Waals surface area contributed by atoms with Crippen molar-refractivity contribution in [2.75, 3.05) is 9.80 Å². The first-order valence-corrected chi connectivity index (χ1v) is 17.2. The lowest BCUT2D eigenvalue weighted by atomic mass is 10.0. The summed E-state index contributed by atoms with van der Waals surface area (Å²) < 4.78 is 0. The average molecular weight is 643 g/mol. The molecule has 0 unspecified atom stereocenters. The van der Waals surface area contributed by atoms with Crippen LogP contribution in [0.1, 0.15) is 22.3 Å². The number of anilines is 6. The molecule has 0 heterocycles. The summed E-state index contributed by atoms with van der Waals surface area (Å²) in [7, 11) is 0. The molecule has 2 nitrogen and oxygen atoms in total. The summed E-state index contributed by atoms with van der Waals surface area (Å²) in [5.41, 5.74) is 11.7. The molecule has 50 heavy (non-hydrogen) atoms. The second-order valence-electron chi connectivity index (χ2n) is 12.9. The van der Waals surface area contributed by atoms with Gasteiger partial charge in [0.25, 0.3) is 0 Å². The Labute approximate surface area is 294 Å². The van der Waals surface area contributed by atoms with Crippen LogP contribution in [0.25, 0.3) is 33.7 Å². The van der Waals surface area contributed by atoms with Crippen LogP contribution in [0.2, 0.25) is 0 Å². The summed E-state index contributed by atoms with van der Waals surface area (Å²) in [5, 5.41) is 4.89. The van der Waals surface area contributed by atoms with Gasteiger partial charge in [0.1, 0.15) is 0 Å². The van der Waals surface area contributed by atoms with Gasteiger partial charge < -0.3 is 9.80 Å². The van der Waals surface area contributed by atoms with Crippen molar-refractivity contribution in [3.63, 3.8) is 0 Å². The van der Waals surface area contributed by atoms with Crippen molar-refractivity contribution in [2.24, 2.45) is 0 Å². The Balaban J connectivity index is 1.11. The van der Waals surface area contributed by atoms with Crippen LogP contribution in [-0.4, -0.2) is 0 Å². The average Bonchev–Trinajstić information content (AvgIpc) is 3.15. The van der Waals surface area contributed by atoms with Crippen LogP contribution in [0, 0.1) is 13.8 Å². The fourth-order valence-electron chi connectivity index (χ4n) is 6.98. The highest BCUT2D eigenvalue weighted by Crippen LogP contribution is 2.42. The normalized spacial score (nSPS) is 11.3. The summed E-state index contributed by atoms with van der Waals surface area (Å²) in [5.74, 6) is 0. The van der Waals surface area contributed by atoms with Gasteiger partial charge in [-0.25, -0.2) is 0 Å². The highest BCUT2D eigenvalue weighted by molar-refractivity contribution is 6.04. The van der Waals surface area contributed by atoms with Gasteiger partial charge in [0.2, 0.25) is 0 Å². The molecule has 240 valence electrons. The minimum absolute atomic E-state index is 1.12. The van der Waals surface area contributed by atoms with Crippen LogP contribution in [0.5, 0.6) is 0 Å². The summed E-state index contributed by atoms with van der Waals surface area (Å²) in [4.78, 5) is 4.72. The summed E-state index contributed by atoms with van der Waals surface area (Å²) in [6.45, 7) is 4.32. The van der Waals surface area contributed by atoms with Gasteiger partial charge in [-0.2, -0.15) is 0 Å². The molecule has 8 aromatic rings. The number of nitrogens with zero attached hydrogens (tertiary/aromatic N) is 2. The van der Waals surface area contributed by atoms with Crippen molar-refractivity contribution in [3.8, 4) is 0 Å². The lowest BCUT2D eigenvalue weighted by Gasteiger charge is -2.28. The van der Waals surface area contributed by atoms with Crippen LogP contribution in [0.3, 0.4) is 0 Å². The molecule has 0 saturated carbocycles. The fourth-order valence-corrected chi connectivity index (χ4v) is 6.98. The topological polar surface area (TPSA) is 6.48 Å². The van der Waals surface area contributed by atoms with Gasteiger partial charge in [0, 0.05) is 33.5 Å². The first kappa shape index (κ1) is 30.9. The maximum absolute atomic E-state index is 2.39. The SMILES string of the molecule is Cc1cc(C)cc(N(c2ccccc2)c2ccc(/C=C/c3ccc(N(c4cccc5ccccc45)c4cccc5ccccc45)cc3)cc2)c1. The number of benzene rings is 8. The number of para-hydroxylation sites is 1. The number of rotatable bonds is 8. The van der Waals surface area contributed by atoms with E-state index in [1.54, 1.807) is 0 Å². The van der Waals surface area contributed by atoms with Crippen LogP contribution in [-0.2, 0) is 0 Å². The largest absolute Gasteiger partial charge is 0.310 e. The second-order valence-corrected chi connectivity index (χ2v) is 12.9. The molecule has 0 amide bonds. The molecule has 0 aliphatic carbocycles. The van der Waals surface area contributed by atoms with E-state index in [1.165, 1.54) is 32.7 Å². The van der Waals surface area contributed by atoms with Crippen molar-refractivity contribution in [1.29, 1.82) is 0 Å². The maximum atomic E-state index is 2.39. The van der Waals surface area contributed by atoms with Crippen molar-refractivity contribution in [1.82, 2.24) is 0 Å². The monoisotopic (exact) mass is 642 g/mol. The third-order valence-electron chi connectivity index (χ3n) is 9.26. The Morgan fingerprint density at radius 3 is 1.28 bits per heavy atom. The molecule has 0 bridgehead atoms. The summed E-state index contributed by atoms with van der Waals surface area (Å²) in [6, 6.07) is 65.3. The zero-order valence-electron chi connectivity index (χ0n) is 28.4. The molecule has 0 spiro atoms. The van der Waals surface area contributed by atoms with Crippen LogP contribution >= 0.6 is 0 Å². The minimum Gasteiger partial charge on any atom is -0.310 e. The predicted octanol–water partition coefficient (Wildman–Crippen LogP) is 13.7. The van der Waals surface area contributed by atoms with Crippen LogP contribution in [0.4, 0.5) is 34.1 Å². The highest BCUT2D eigenvalue weighted by Gasteiger charge is 2.17. The third kappa shape index (κ3) is 6.27. The minimum atomic E-state index is 1.12. The first-order valence-electron chi connectivity index (χ1n) is 17.2. The van der Waals surface area contributed by atoms with Crippen LogP contribution in [0.15, 0.2) is 182 Å². The number of hydrogen-bond donors (Lipinski definition) is 0. The lowest BCUT2D eigenvalue weighted by molar-refractivity contribution is 1.25. The van der Waals surface area contributed by atoms with E-state index in [1.807, 2.05) is 0 Å². The number of hydrogen-bond acceptors (Lipinski definition) is 2. The Kier molecular flexibility index (Phi) is 8.42. The molecule has 0 radical (unpaired) electrons. The van der Waals surface area contributed by atoms with E-state index in [0.717, 1.165) is 45.3 Å². The van der Waals surface area contributed by atoms with Gasteiger partial charge >= 0.3 is 0 Å². The standard InChI is InChI=1S/C48H38N2/c1-35-32-36(2)34-44(33-35)49(41-16-4-3-5-17-41)42-28-24-37(25-29-42)22-23-38-26-30-43(31-27-38)50(47-20-10-14-39-12-6-8-18-45(39)47)48-21-11-15-40-13-7-9-19-46(40)48/h3-34H,1-2H3/b23-22+. The van der Waals surface area contributed by atoms with Gasteiger partial charge in [-0.15, -0.1) is 0 Å². The molecule has 2 heteroatoms. The number of fused-ring (bicyclic) bond motifs is 2. The quantitative estimate of drug-likeness (QED) is 0.152. The molecule has 0 aliphatic heterocycles. The Hall–Kier alpha value is -6.38. The Morgan fingerprint density at radius 1 is 0.340 bits per heavy atom. The van der Waals surface area contributed by atoms with Gasteiger partial charge in [0.15, 0.2) is 0 Å². The molecule has 0 N–H and O–H groups in total. The first-order chi connectivity index (χ1) is 24.6. The van der Waals surface area contributed by atoms with Gasteiger partial charge in [-0.1, -0.05) is 133 Å². The second kappa shape index (κ2) is 13.6. The molecular weight excluding hydrogens is 605 g/mol. The van der Waals surface area contributed by atoms with Gasteiger partial charge in [-0.3, -0.25) is 0 Å². The van der Waals surface area contributed by atoms with Crippen molar-refractivity contribution in [3.05, 3.63) is 204 Å². The zero-order valence-corrected chi connectivity index (χ0v) is 28.4. The maximum Gasteiger partial charge on any atom is 0.0540 e. The van der Waals surface area contributed by atoms with E-state index < -0.39 is 0 Å². The fraction of sp³-hybridized carbons (Fsp3) is 0.0417. The highest BCUT2D eigenvalue weighted by atomic mass is 15.1. The van der Waals surface area contributed by atoms with Crippen LogP contribution < -0.4 is 9.80 Å². The molecule has 0 aliphatic rings. The molecule has 8 rings (SSSR count).